The van der Waals surface area contributed by atoms with E-state index >= 15 is 0 Å². The molecular formula is C24H31N7O3. The summed E-state index contributed by atoms with van der Waals surface area (Å²) in [4.78, 5) is 27.8. The molecule has 2 aromatic rings. The third-order valence-corrected chi connectivity index (χ3v) is 6.43. The maximum atomic E-state index is 12.9. The molecule has 1 aliphatic heterocycles. The van der Waals surface area contributed by atoms with Crippen molar-refractivity contribution in [2.24, 2.45) is 17.2 Å². The third kappa shape index (κ3) is 5.07. The van der Waals surface area contributed by atoms with Crippen molar-refractivity contribution in [2.45, 2.75) is 38.1 Å². The van der Waals surface area contributed by atoms with Crippen molar-refractivity contribution in [3.8, 4) is 5.75 Å². The smallest absolute Gasteiger partial charge is 0.298 e. The largest absolute Gasteiger partial charge is 0.428 e. The molecule has 4 rings (SSSR count). The molecule has 34 heavy (non-hydrogen) atoms. The van der Waals surface area contributed by atoms with E-state index in [9.17, 15) is 9.59 Å². The average molecular weight is 466 g/mol. The monoisotopic (exact) mass is 465 g/mol. The lowest BCUT2D eigenvalue weighted by atomic mass is 9.94. The van der Waals surface area contributed by atoms with Crippen LogP contribution in [0.4, 0.5) is 5.69 Å². The van der Waals surface area contributed by atoms with Crippen LogP contribution in [-0.2, 0) is 9.59 Å². The molecule has 0 spiro atoms. The van der Waals surface area contributed by atoms with Crippen LogP contribution < -0.4 is 26.8 Å². The Labute approximate surface area is 198 Å². The highest BCUT2D eigenvalue weighted by Crippen LogP contribution is 2.27. The summed E-state index contributed by atoms with van der Waals surface area (Å²) in [5, 5.41) is 4.37. The van der Waals surface area contributed by atoms with Gasteiger partial charge in [-0.25, -0.2) is 4.68 Å². The Hall–Kier alpha value is -3.79. The van der Waals surface area contributed by atoms with Crippen LogP contribution in [0, 0.1) is 0 Å². The van der Waals surface area contributed by atoms with Crippen LogP contribution in [0.3, 0.4) is 0 Å². The van der Waals surface area contributed by atoms with Crippen LogP contribution in [0.2, 0.25) is 0 Å². The molecule has 6 N–H and O–H groups in total. The van der Waals surface area contributed by atoms with E-state index < -0.39 is 0 Å². The van der Waals surface area contributed by atoms with Gasteiger partial charge in [-0.3, -0.25) is 14.5 Å². The van der Waals surface area contributed by atoms with Gasteiger partial charge in [0.05, 0.1) is 24.6 Å². The first-order valence-electron chi connectivity index (χ1n) is 11.5. The standard InChI is InChI=1S/C24H31N7O3/c25-20(19-8-4-5-9-22(19)34-16-32)12-21(24(26)27)31-14-18(13-28-31)30-11-10-29(15-23(30)33)17-6-2-1-3-7-17/h4-5,8-9,12-14,16-17H,1-3,6-7,10-11,15,25-27H2/b20-12-. The SMILES string of the molecule is NC(N)=C(/C=C(\N)c1ccccc1OC=O)n1cc(N2CCN(C3CCCCC3)CC2=O)cn1. The molecule has 1 aromatic carbocycles. The first-order valence-corrected chi connectivity index (χ1v) is 11.5. The number of amides is 1. The van der Waals surface area contributed by atoms with Gasteiger partial charge in [0, 0.05) is 30.4 Å². The second kappa shape index (κ2) is 10.4. The summed E-state index contributed by atoms with van der Waals surface area (Å²) in [6.45, 7) is 2.19. The summed E-state index contributed by atoms with van der Waals surface area (Å²) in [5.41, 5.74) is 19.9. The number of ether oxygens (including phenoxy) is 1. The minimum absolute atomic E-state index is 0.000156. The first kappa shape index (κ1) is 23.4. The fourth-order valence-corrected chi connectivity index (χ4v) is 4.67. The number of piperazine rings is 1. The zero-order valence-electron chi connectivity index (χ0n) is 19.1. The summed E-state index contributed by atoms with van der Waals surface area (Å²) in [6, 6.07) is 7.36. The van der Waals surface area contributed by atoms with Crippen molar-refractivity contribution in [3.05, 3.63) is 54.1 Å². The molecule has 1 amide bonds. The maximum absolute atomic E-state index is 12.9. The van der Waals surface area contributed by atoms with Gasteiger partial charge in [-0.15, -0.1) is 0 Å². The van der Waals surface area contributed by atoms with E-state index in [4.69, 9.17) is 21.9 Å². The van der Waals surface area contributed by atoms with Crippen molar-refractivity contribution in [1.29, 1.82) is 0 Å². The van der Waals surface area contributed by atoms with Crippen molar-refractivity contribution in [3.63, 3.8) is 0 Å². The topological polar surface area (TPSA) is 146 Å². The molecule has 0 unspecified atom stereocenters. The predicted octanol–water partition coefficient (Wildman–Crippen LogP) is 1.44. The molecule has 10 heteroatoms. The molecular weight excluding hydrogens is 434 g/mol. The second-order valence-electron chi connectivity index (χ2n) is 8.60. The number of carbonyl (C=O) groups excluding carboxylic acids is 2. The molecule has 0 radical (unpaired) electrons. The number of para-hydroxylation sites is 1. The van der Waals surface area contributed by atoms with Gasteiger partial charge in [0.25, 0.3) is 6.47 Å². The van der Waals surface area contributed by atoms with E-state index in [1.165, 1.54) is 36.8 Å². The number of carbonyl (C=O) groups is 2. The van der Waals surface area contributed by atoms with Gasteiger partial charge < -0.3 is 26.8 Å². The summed E-state index contributed by atoms with van der Waals surface area (Å²) in [6.07, 6.45) is 11.0. The highest BCUT2D eigenvalue weighted by Gasteiger charge is 2.30. The Morgan fingerprint density at radius 3 is 2.56 bits per heavy atom. The van der Waals surface area contributed by atoms with E-state index in [0.29, 0.717) is 48.3 Å². The Morgan fingerprint density at radius 2 is 1.85 bits per heavy atom. The average Bonchev–Trinajstić information content (AvgIpc) is 3.32. The van der Waals surface area contributed by atoms with Crippen molar-refractivity contribution in [2.75, 3.05) is 24.5 Å². The van der Waals surface area contributed by atoms with Gasteiger partial charge in [0.1, 0.15) is 17.3 Å². The molecule has 1 saturated carbocycles. The van der Waals surface area contributed by atoms with Gasteiger partial charge >= 0.3 is 0 Å². The van der Waals surface area contributed by atoms with E-state index in [2.05, 4.69) is 10.00 Å². The molecule has 2 aliphatic rings. The number of aromatic nitrogens is 2. The lowest BCUT2D eigenvalue weighted by Gasteiger charge is -2.39. The van der Waals surface area contributed by atoms with Crippen molar-refractivity contribution >= 4 is 29.5 Å². The van der Waals surface area contributed by atoms with Gasteiger partial charge in [0.15, 0.2) is 0 Å². The second-order valence-corrected chi connectivity index (χ2v) is 8.60. The summed E-state index contributed by atoms with van der Waals surface area (Å²) in [5.74, 6) is 0.362. The summed E-state index contributed by atoms with van der Waals surface area (Å²) in [7, 11) is 0. The number of hydrogen-bond donors (Lipinski definition) is 3. The van der Waals surface area contributed by atoms with Crippen molar-refractivity contribution < 1.29 is 14.3 Å². The quantitative estimate of drug-likeness (QED) is 0.411. The lowest BCUT2D eigenvalue weighted by molar-refractivity contribution is -0.122. The number of nitrogens with two attached hydrogens (primary N) is 3. The number of nitrogens with zero attached hydrogens (tertiary/aromatic N) is 4. The lowest BCUT2D eigenvalue weighted by Crippen LogP contribution is -2.54. The number of benzene rings is 1. The van der Waals surface area contributed by atoms with E-state index in [1.54, 1.807) is 47.6 Å². The first-order chi connectivity index (χ1) is 16.5. The summed E-state index contributed by atoms with van der Waals surface area (Å²) >= 11 is 0. The zero-order valence-corrected chi connectivity index (χ0v) is 19.1. The van der Waals surface area contributed by atoms with E-state index in [0.717, 1.165) is 6.54 Å². The van der Waals surface area contributed by atoms with Gasteiger partial charge in [-0.05, 0) is 31.1 Å². The number of rotatable bonds is 7. The third-order valence-electron chi connectivity index (χ3n) is 6.43. The van der Waals surface area contributed by atoms with Gasteiger partial charge in [-0.1, -0.05) is 31.4 Å². The van der Waals surface area contributed by atoms with Crippen LogP contribution in [-0.4, -0.2) is 52.7 Å². The van der Waals surface area contributed by atoms with Crippen LogP contribution in [0.5, 0.6) is 5.75 Å². The molecule has 2 fully saturated rings. The van der Waals surface area contributed by atoms with Gasteiger partial charge in [0.2, 0.25) is 5.91 Å². The van der Waals surface area contributed by atoms with Crippen LogP contribution in [0.1, 0.15) is 37.7 Å². The summed E-state index contributed by atoms with van der Waals surface area (Å²) < 4.78 is 6.49. The van der Waals surface area contributed by atoms with Crippen LogP contribution in [0.25, 0.3) is 11.4 Å². The maximum Gasteiger partial charge on any atom is 0.298 e. The Balaban J connectivity index is 1.52. The van der Waals surface area contributed by atoms with Crippen LogP contribution >= 0.6 is 0 Å². The van der Waals surface area contributed by atoms with E-state index in [-0.39, 0.29) is 17.4 Å². The molecule has 10 nitrogen and oxygen atoms in total. The minimum atomic E-state index is -0.000156. The molecule has 0 atom stereocenters. The highest BCUT2D eigenvalue weighted by molar-refractivity contribution is 5.95. The number of allylic oxidation sites excluding steroid dienone is 2. The molecule has 1 aliphatic carbocycles. The Bertz CT molecular complexity index is 1100. The molecule has 180 valence electrons. The minimum Gasteiger partial charge on any atom is -0.428 e. The van der Waals surface area contributed by atoms with E-state index in [1.807, 2.05) is 0 Å². The Kier molecular flexibility index (Phi) is 7.17. The van der Waals surface area contributed by atoms with Crippen LogP contribution in [0.15, 0.2) is 48.6 Å². The fourth-order valence-electron chi connectivity index (χ4n) is 4.67. The molecule has 1 saturated heterocycles. The predicted molar refractivity (Wildman–Crippen MR) is 130 cm³/mol. The number of anilines is 1. The van der Waals surface area contributed by atoms with Crippen molar-refractivity contribution in [1.82, 2.24) is 14.7 Å². The molecule has 1 aromatic heterocycles. The highest BCUT2D eigenvalue weighted by atomic mass is 16.5. The Morgan fingerprint density at radius 1 is 1.09 bits per heavy atom. The fraction of sp³-hybridized carbons (Fsp3) is 0.375. The van der Waals surface area contributed by atoms with Gasteiger partial charge in [-0.2, -0.15) is 5.10 Å². The zero-order chi connectivity index (χ0) is 24.1. The molecule has 0 bridgehead atoms. The number of hydrogen-bond acceptors (Lipinski definition) is 8. The molecule has 2 heterocycles. The normalized spacial score (nSPS) is 18.1.